The Morgan fingerprint density at radius 3 is 3.17 bits per heavy atom. The third-order valence-electron chi connectivity index (χ3n) is 1.53. The summed E-state index contributed by atoms with van der Waals surface area (Å²) in [6.45, 7) is 2.43. The van der Waals surface area contributed by atoms with Crippen molar-refractivity contribution in [2.75, 3.05) is 6.61 Å². The Labute approximate surface area is 81.0 Å². The molecule has 0 aliphatic carbocycles. The highest BCUT2D eigenvalue weighted by Gasteiger charge is 2.02. The van der Waals surface area contributed by atoms with Crippen LogP contribution >= 0.6 is 23.1 Å². The van der Waals surface area contributed by atoms with E-state index in [1.165, 1.54) is 4.88 Å². The van der Waals surface area contributed by atoms with E-state index in [4.69, 9.17) is 5.11 Å². The van der Waals surface area contributed by atoms with Crippen LogP contribution in [0, 0.1) is 0 Å². The van der Waals surface area contributed by atoms with Crippen molar-refractivity contribution in [3.8, 4) is 0 Å². The minimum absolute atomic E-state index is 0.289. The summed E-state index contributed by atoms with van der Waals surface area (Å²) in [5.41, 5.74) is 1.85. The zero-order chi connectivity index (χ0) is 8.81. The molecule has 1 atom stereocenters. The van der Waals surface area contributed by atoms with Crippen LogP contribution in [-0.4, -0.2) is 21.9 Å². The van der Waals surface area contributed by atoms with Gasteiger partial charge in [0.25, 0.3) is 0 Å². The number of thioether (sulfide) groups is 1. The molecule has 0 amide bonds. The number of nitrogens with zero attached hydrogens (tertiary/aromatic N) is 1. The van der Waals surface area contributed by atoms with Gasteiger partial charge in [-0.3, -0.25) is 4.98 Å². The maximum absolute atomic E-state index is 8.67. The fraction of sp³-hybridized carbons (Fsp3) is 0.625. The lowest BCUT2D eigenvalue weighted by Gasteiger charge is -2.06. The summed E-state index contributed by atoms with van der Waals surface area (Å²) in [4.78, 5) is 5.31. The molecule has 0 saturated heterocycles. The maximum Gasteiger partial charge on any atom is 0.0794 e. The summed E-state index contributed by atoms with van der Waals surface area (Å²) in [5.74, 6) is 1.02. The van der Waals surface area contributed by atoms with Gasteiger partial charge in [-0.25, -0.2) is 0 Å². The van der Waals surface area contributed by atoms with Crippen molar-refractivity contribution in [2.45, 2.75) is 24.3 Å². The first-order chi connectivity index (χ1) is 5.83. The Kier molecular flexibility index (Phi) is 4.65. The number of aromatic nitrogens is 1. The van der Waals surface area contributed by atoms with E-state index < -0.39 is 0 Å². The predicted octanol–water partition coefficient (Wildman–Crippen LogP) is 2.15. The molecule has 0 radical (unpaired) electrons. The highest BCUT2D eigenvalue weighted by Crippen LogP contribution is 2.21. The minimum Gasteiger partial charge on any atom is -0.396 e. The number of rotatable bonds is 5. The van der Waals surface area contributed by atoms with Gasteiger partial charge in [0, 0.05) is 28.7 Å². The van der Waals surface area contributed by atoms with Crippen molar-refractivity contribution in [2.24, 2.45) is 0 Å². The normalized spacial score (nSPS) is 13.2. The van der Waals surface area contributed by atoms with Gasteiger partial charge in [0.05, 0.1) is 5.51 Å². The fourth-order valence-corrected chi connectivity index (χ4v) is 2.45. The SMILES string of the molecule is CC(CCO)SCc1cncs1. The van der Waals surface area contributed by atoms with E-state index in [0.717, 1.165) is 12.2 Å². The van der Waals surface area contributed by atoms with Gasteiger partial charge in [0.2, 0.25) is 0 Å². The molecule has 0 saturated carbocycles. The first kappa shape index (κ1) is 10.0. The van der Waals surface area contributed by atoms with E-state index in [0.29, 0.717) is 5.25 Å². The fourth-order valence-electron chi connectivity index (χ4n) is 0.803. The molecule has 0 aliphatic rings. The second-order valence-electron chi connectivity index (χ2n) is 2.60. The van der Waals surface area contributed by atoms with E-state index in [-0.39, 0.29) is 6.61 Å². The average Bonchev–Trinajstić information content (AvgIpc) is 2.53. The summed E-state index contributed by atoms with van der Waals surface area (Å²) in [7, 11) is 0. The predicted molar refractivity (Wildman–Crippen MR) is 54.6 cm³/mol. The lowest BCUT2D eigenvalue weighted by Crippen LogP contribution is -1.99. The smallest absolute Gasteiger partial charge is 0.0794 e. The summed E-state index contributed by atoms with van der Waals surface area (Å²) >= 11 is 3.56. The molecule has 0 spiro atoms. The summed E-state index contributed by atoms with van der Waals surface area (Å²) in [6.07, 6.45) is 2.78. The molecule has 1 N–H and O–H groups in total. The summed E-state index contributed by atoms with van der Waals surface area (Å²) < 4.78 is 0. The highest BCUT2D eigenvalue weighted by atomic mass is 32.2. The maximum atomic E-state index is 8.67. The van der Waals surface area contributed by atoms with Crippen LogP contribution in [0.25, 0.3) is 0 Å². The lowest BCUT2D eigenvalue weighted by molar-refractivity contribution is 0.289. The van der Waals surface area contributed by atoms with Gasteiger partial charge >= 0.3 is 0 Å². The molecule has 1 unspecified atom stereocenters. The monoisotopic (exact) mass is 203 g/mol. The number of thiazole rings is 1. The molecular formula is C8H13NOS2. The molecule has 68 valence electrons. The zero-order valence-electron chi connectivity index (χ0n) is 7.06. The Hall–Kier alpha value is -0.0600. The molecule has 1 aromatic heterocycles. The lowest BCUT2D eigenvalue weighted by atomic mass is 10.3. The summed E-state index contributed by atoms with van der Waals surface area (Å²) in [6, 6.07) is 0. The van der Waals surface area contributed by atoms with Gasteiger partial charge in [-0.15, -0.1) is 11.3 Å². The molecular weight excluding hydrogens is 190 g/mol. The zero-order valence-corrected chi connectivity index (χ0v) is 8.70. The number of hydrogen-bond donors (Lipinski definition) is 1. The second kappa shape index (κ2) is 5.56. The van der Waals surface area contributed by atoms with E-state index in [1.807, 2.05) is 23.5 Å². The topological polar surface area (TPSA) is 33.1 Å². The van der Waals surface area contributed by atoms with Crippen LogP contribution in [-0.2, 0) is 5.75 Å². The van der Waals surface area contributed by atoms with Gasteiger partial charge in [0.15, 0.2) is 0 Å². The quantitative estimate of drug-likeness (QED) is 0.796. The van der Waals surface area contributed by atoms with Crippen molar-refractivity contribution < 1.29 is 5.11 Å². The molecule has 0 aromatic carbocycles. The van der Waals surface area contributed by atoms with Gasteiger partial charge in [-0.1, -0.05) is 6.92 Å². The van der Waals surface area contributed by atoms with Crippen LogP contribution in [0.5, 0.6) is 0 Å². The van der Waals surface area contributed by atoms with Crippen molar-refractivity contribution in [1.29, 1.82) is 0 Å². The molecule has 1 rings (SSSR count). The standard InChI is InChI=1S/C8H13NOS2/c1-7(2-3-10)11-5-8-4-9-6-12-8/h4,6-7,10H,2-3,5H2,1H3. The van der Waals surface area contributed by atoms with E-state index >= 15 is 0 Å². The van der Waals surface area contributed by atoms with Crippen molar-refractivity contribution in [1.82, 2.24) is 4.98 Å². The average molecular weight is 203 g/mol. The third-order valence-corrected chi connectivity index (χ3v) is 3.77. The number of hydrogen-bond acceptors (Lipinski definition) is 4. The first-order valence-electron chi connectivity index (χ1n) is 3.92. The van der Waals surface area contributed by atoms with Crippen LogP contribution in [0.4, 0.5) is 0 Å². The second-order valence-corrected chi connectivity index (χ2v) is 5.00. The van der Waals surface area contributed by atoms with Gasteiger partial charge in [0.1, 0.15) is 0 Å². The Balaban J connectivity index is 2.17. The van der Waals surface area contributed by atoms with Gasteiger partial charge < -0.3 is 5.11 Å². The largest absolute Gasteiger partial charge is 0.396 e. The molecule has 0 bridgehead atoms. The van der Waals surface area contributed by atoms with Crippen molar-refractivity contribution in [3.05, 3.63) is 16.6 Å². The Morgan fingerprint density at radius 1 is 1.75 bits per heavy atom. The molecule has 12 heavy (non-hydrogen) atoms. The Bertz CT molecular complexity index is 201. The van der Waals surface area contributed by atoms with E-state index in [2.05, 4.69) is 11.9 Å². The minimum atomic E-state index is 0.289. The summed E-state index contributed by atoms with van der Waals surface area (Å²) in [5, 5.41) is 9.21. The number of aliphatic hydroxyl groups excluding tert-OH is 1. The van der Waals surface area contributed by atoms with Crippen LogP contribution in [0.2, 0.25) is 0 Å². The highest BCUT2D eigenvalue weighted by molar-refractivity contribution is 7.99. The number of aliphatic hydroxyl groups is 1. The van der Waals surface area contributed by atoms with E-state index in [1.54, 1.807) is 11.3 Å². The van der Waals surface area contributed by atoms with E-state index in [9.17, 15) is 0 Å². The molecule has 0 aliphatic heterocycles. The van der Waals surface area contributed by atoms with Crippen LogP contribution in [0.1, 0.15) is 18.2 Å². The van der Waals surface area contributed by atoms with Crippen molar-refractivity contribution >= 4 is 23.1 Å². The molecule has 0 fully saturated rings. The van der Waals surface area contributed by atoms with Gasteiger partial charge in [-0.05, 0) is 6.42 Å². The van der Waals surface area contributed by atoms with Crippen molar-refractivity contribution in [3.63, 3.8) is 0 Å². The Morgan fingerprint density at radius 2 is 2.58 bits per heavy atom. The molecule has 1 heterocycles. The van der Waals surface area contributed by atoms with Gasteiger partial charge in [-0.2, -0.15) is 11.8 Å². The first-order valence-corrected chi connectivity index (χ1v) is 5.85. The van der Waals surface area contributed by atoms with Crippen LogP contribution in [0.15, 0.2) is 11.7 Å². The van der Waals surface area contributed by atoms with Crippen LogP contribution < -0.4 is 0 Å². The van der Waals surface area contributed by atoms with Crippen LogP contribution in [0.3, 0.4) is 0 Å². The molecule has 1 aromatic rings. The molecule has 4 heteroatoms. The third kappa shape index (κ3) is 3.56. The molecule has 2 nitrogen and oxygen atoms in total.